The molecule has 1 aromatic heterocycles. The van der Waals surface area contributed by atoms with Crippen LogP contribution in [0.25, 0.3) is 11.3 Å². The van der Waals surface area contributed by atoms with Crippen molar-refractivity contribution in [2.45, 2.75) is 0 Å². The highest BCUT2D eigenvalue weighted by Gasteiger charge is 2.06. The van der Waals surface area contributed by atoms with Crippen molar-refractivity contribution in [3.05, 3.63) is 52.9 Å². The molecule has 0 atom stereocenters. The average molecular weight is 236 g/mol. The van der Waals surface area contributed by atoms with Gasteiger partial charge in [-0.2, -0.15) is 0 Å². The highest BCUT2D eigenvalue weighted by molar-refractivity contribution is 6.33. The van der Waals surface area contributed by atoms with Gasteiger partial charge in [-0.25, -0.2) is 9.37 Å². The molecule has 4 heteroatoms. The number of pyridine rings is 1. The van der Waals surface area contributed by atoms with E-state index >= 15 is 0 Å². The number of carbonyl (C=O) groups excluding carboxylic acids is 1. The minimum absolute atomic E-state index is 0.295. The summed E-state index contributed by atoms with van der Waals surface area (Å²) in [5, 5.41) is 0.428. The Hall–Kier alpha value is -1.74. The molecule has 0 aliphatic heterocycles. The van der Waals surface area contributed by atoms with Gasteiger partial charge in [0.1, 0.15) is 11.5 Å². The third-order valence-electron chi connectivity index (χ3n) is 2.11. The highest BCUT2D eigenvalue weighted by Crippen LogP contribution is 2.25. The van der Waals surface area contributed by atoms with Crippen molar-refractivity contribution in [1.29, 1.82) is 0 Å². The van der Waals surface area contributed by atoms with E-state index in [1.54, 1.807) is 18.2 Å². The fourth-order valence-electron chi connectivity index (χ4n) is 1.33. The van der Waals surface area contributed by atoms with Crippen molar-refractivity contribution in [3.63, 3.8) is 0 Å². The van der Waals surface area contributed by atoms with Crippen LogP contribution in [0.2, 0.25) is 5.02 Å². The normalized spacial score (nSPS) is 10.1. The predicted octanol–water partition coefficient (Wildman–Crippen LogP) is 3.35. The topological polar surface area (TPSA) is 30.0 Å². The molecule has 2 nitrogen and oxygen atoms in total. The van der Waals surface area contributed by atoms with Crippen LogP contribution in [0.1, 0.15) is 10.5 Å². The van der Waals surface area contributed by atoms with Crippen LogP contribution < -0.4 is 0 Å². The lowest BCUT2D eigenvalue weighted by Crippen LogP contribution is -1.91. The van der Waals surface area contributed by atoms with Crippen molar-refractivity contribution in [1.82, 2.24) is 4.98 Å². The third kappa shape index (κ3) is 2.09. The molecular formula is C12H7ClFNO. The fourth-order valence-corrected chi connectivity index (χ4v) is 1.55. The maximum Gasteiger partial charge on any atom is 0.168 e. The smallest absolute Gasteiger partial charge is 0.168 e. The molecule has 1 heterocycles. The first kappa shape index (κ1) is 10.8. The molecule has 0 saturated carbocycles. The molecule has 1 aromatic carbocycles. The van der Waals surface area contributed by atoms with Gasteiger partial charge in [-0.15, -0.1) is 0 Å². The molecule has 0 amide bonds. The number of carbonyl (C=O) groups is 1. The summed E-state index contributed by atoms with van der Waals surface area (Å²) >= 11 is 5.96. The first-order valence-corrected chi connectivity index (χ1v) is 4.96. The van der Waals surface area contributed by atoms with Crippen molar-refractivity contribution in [2.24, 2.45) is 0 Å². The summed E-state index contributed by atoms with van der Waals surface area (Å²) in [5.74, 6) is -0.327. The molecule has 0 aliphatic rings. The quantitative estimate of drug-likeness (QED) is 0.747. The third-order valence-corrected chi connectivity index (χ3v) is 2.41. The van der Waals surface area contributed by atoms with Gasteiger partial charge in [-0.05, 0) is 36.4 Å². The molecule has 16 heavy (non-hydrogen) atoms. The minimum atomic E-state index is -0.327. The average Bonchev–Trinajstić information content (AvgIpc) is 2.31. The highest BCUT2D eigenvalue weighted by atomic mass is 35.5. The van der Waals surface area contributed by atoms with E-state index in [0.717, 1.165) is 0 Å². The van der Waals surface area contributed by atoms with Crippen LogP contribution in [0.4, 0.5) is 4.39 Å². The Labute approximate surface area is 96.7 Å². The van der Waals surface area contributed by atoms with Gasteiger partial charge in [0.2, 0.25) is 0 Å². The first-order chi connectivity index (χ1) is 7.70. The molecular weight excluding hydrogens is 229 g/mol. The Bertz CT molecular complexity index is 525. The Morgan fingerprint density at radius 3 is 2.44 bits per heavy atom. The SMILES string of the molecule is O=Cc1ccc(Cl)c(-c2ccc(F)cc2)n1. The molecule has 0 radical (unpaired) electrons. The van der Waals surface area contributed by atoms with E-state index in [2.05, 4.69) is 4.98 Å². The van der Waals surface area contributed by atoms with Gasteiger partial charge in [0.25, 0.3) is 0 Å². The summed E-state index contributed by atoms with van der Waals surface area (Å²) in [6, 6.07) is 8.90. The lowest BCUT2D eigenvalue weighted by atomic mass is 10.1. The number of aldehydes is 1. The number of hydrogen-bond acceptors (Lipinski definition) is 2. The Morgan fingerprint density at radius 1 is 1.12 bits per heavy atom. The van der Waals surface area contributed by atoms with Crippen molar-refractivity contribution in [3.8, 4) is 11.3 Å². The fraction of sp³-hybridized carbons (Fsp3) is 0. The molecule has 0 N–H and O–H groups in total. The zero-order valence-electron chi connectivity index (χ0n) is 8.15. The zero-order valence-corrected chi connectivity index (χ0v) is 8.91. The summed E-state index contributed by atoms with van der Waals surface area (Å²) in [5.41, 5.74) is 1.45. The van der Waals surface area contributed by atoms with Gasteiger partial charge in [-0.3, -0.25) is 4.79 Å². The number of aromatic nitrogens is 1. The lowest BCUT2D eigenvalue weighted by Gasteiger charge is -2.03. The number of hydrogen-bond donors (Lipinski definition) is 0. The molecule has 2 aromatic rings. The van der Waals surface area contributed by atoms with Gasteiger partial charge in [0.05, 0.1) is 10.7 Å². The maximum atomic E-state index is 12.7. The largest absolute Gasteiger partial charge is 0.296 e. The van der Waals surface area contributed by atoms with E-state index in [4.69, 9.17) is 11.6 Å². The van der Waals surface area contributed by atoms with E-state index in [-0.39, 0.29) is 5.82 Å². The number of benzene rings is 1. The zero-order chi connectivity index (χ0) is 11.5. The second-order valence-electron chi connectivity index (χ2n) is 3.19. The predicted molar refractivity (Wildman–Crippen MR) is 60.0 cm³/mol. The lowest BCUT2D eigenvalue weighted by molar-refractivity contribution is 0.111. The summed E-state index contributed by atoms with van der Waals surface area (Å²) in [7, 11) is 0. The molecule has 0 unspecified atom stereocenters. The van der Waals surface area contributed by atoms with Crippen LogP contribution >= 0.6 is 11.6 Å². The monoisotopic (exact) mass is 235 g/mol. The van der Waals surface area contributed by atoms with Gasteiger partial charge in [0, 0.05) is 5.56 Å². The van der Waals surface area contributed by atoms with Crippen LogP contribution in [0, 0.1) is 5.82 Å². The molecule has 0 bridgehead atoms. The molecule has 80 valence electrons. The number of nitrogens with zero attached hydrogens (tertiary/aromatic N) is 1. The van der Waals surface area contributed by atoms with Crippen LogP contribution in [0.5, 0.6) is 0 Å². The molecule has 0 saturated heterocycles. The molecule has 0 spiro atoms. The minimum Gasteiger partial charge on any atom is -0.296 e. The second kappa shape index (κ2) is 4.41. The van der Waals surface area contributed by atoms with E-state index in [1.165, 1.54) is 18.2 Å². The summed E-state index contributed by atoms with van der Waals surface area (Å²) in [4.78, 5) is 14.7. The maximum absolute atomic E-state index is 12.7. The van der Waals surface area contributed by atoms with E-state index in [9.17, 15) is 9.18 Å². The van der Waals surface area contributed by atoms with Gasteiger partial charge < -0.3 is 0 Å². The first-order valence-electron chi connectivity index (χ1n) is 4.58. The molecule has 2 rings (SSSR count). The van der Waals surface area contributed by atoms with Gasteiger partial charge in [0.15, 0.2) is 6.29 Å². The van der Waals surface area contributed by atoms with Crippen LogP contribution in [-0.2, 0) is 0 Å². The summed E-state index contributed by atoms with van der Waals surface area (Å²) in [6.07, 6.45) is 0.642. The van der Waals surface area contributed by atoms with Crippen molar-refractivity contribution in [2.75, 3.05) is 0 Å². The van der Waals surface area contributed by atoms with Crippen LogP contribution in [0.3, 0.4) is 0 Å². The van der Waals surface area contributed by atoms with E-state index in [0.29, 0.717) is 28.3 Å². The van der Waals surface area contributed by atoms with E-state index in [1.807, 2.05) is 0 Å². The molecule has 0 aliphatic carbocycles. The van der Waals surface area contributed by atoms with E-state index < -0.39 is 0 Å². The van der Waals surface area contributed by atoms with Gasteiger partial charge >= 0.3 is 0 Å². The van der Waals surface area contributed by atoms with Crippen LogP contribution in [-0.4, -0.2) is 11.3 Å². The molecule has 0 fully saturated rings. The standard InChI is InChI=1S/C12H7ClFNO/c13-11-6-5-10(7-16)15-12(11)8-1-3-9(14)4-2-8/h1-7H. The number of rotatable bonds is 2. The number of halogens is 2. The van der Waals surface area contributed by atoms with Gasteiger partial charge in [-0.1, -0.05) is 11.6 Å². The summed E-state index contributed by atoms with van der Waals surface area (Å²) in [6.45, 7) is 0. The Kier molecular flexibility index (Phi) is 2.97. The second-order valence-corrected chi connectivity index (χ2v) is 3.60. The Balaban J connectivity index is 2.54. The van der Waals surface area contributed by atoms with Crippen molar-refractivity contribution >= 4 is 17.9 Å². The van der Waals surface area contributed by atoms with Crippen LogP contribution in [0.15, 0.2) is 36.4 Å². The summed E-state index contributed by atoms with van der Waals surface area (Å²) < 4.78 is 12.7. The van der Waals surface area contributed by atoms with Crippen molar-refractivity contribution < 1.29 is 9.18 Å². The Morgan fingerprint density at radius 2 is 1.81 bits per heavy atom.